The summed E-state index contributed by atoms with van der Waals surface area (Å²) in [5, 5.41) is 16.6. The number of carboxylic acids is 1. The molecule has 0 spiro atoms. The molecule has 0 aromatic carbocycles. The molecule has 0 rings (SSSR count). The molecular weight excluding hydrogens is 136 g/mol. The van der Waals surface area contributed by atoms with Crippen molar-refractivity contribution in [2.24, 2.45) is 0 Å². The minimum absolute atomic E-state index is 0.104. The summed E-state index contributed by atoms with van der Waals surface area (Å²) in [5.41, 5.74) is 0. The van der Waals surface area contributed by atoms with Gasteiger partial charge in [-0.2, -0.15) is 0 Å². The molecule has 58 valence electrons. The molecule has 10 heavy (non-hydrogen) atoms. The number of hydrogen-bond donors (Lipinski definition) is 2. The van der Waals surface area contributed by atoms with Crippen LogP contribution in [0.25, 0.3) is 0 Å². The highest BCUT2D eigenvalue weighted by molar-refractivity contribution is 5.80. The van der Waals surface area contributed by atoms with Crippen molar-refractivity contribution in [2.45, 2.75) is 6.42 Å². The molecule has 0 aliphatic heterocycles. The van der Waals surface area contributed by atoms with Gasteiger partial charge >= 0.3 is 5.97 Å². The Labute approximate surface area is 58.7 Å². The van der Waals surface area contributed by atoms with Gasteiger partial charge in [0.15, 0.2) is 0 Å². The fourth-order valence-electron chi connectivity index (χ4n) is 0.481. The van der Waals surface area contributed by atoms with Crippen LogP contribution in [0.3, 0.4) is 0 Å². The third kappa shape index (κ3) is 3.91. The Bertz CT molecular complexity index is 139. The van der Waals surface area contributed by atoms with Crippen LogP contribution in [0.4, 0.5) is 0 Å². The van der Waals surface area contributed by atoms with E-state index in [-0.39, 0.29) is 18.8 Å². The molecule has 0 aromatic rings. The zero-order valence-electron chi connectivity index (χ0n) is 5.70. The first-order valence-corrected chi connectivity index (χ1v) is 2.79. The average molecular weight is 146 g/mol. The summed E-state index contributed by atoms with van der Waals surface area (Å²) in [6, 6.07) is 0. The van der Waals surface area contributed by atoms with Crippen LogP contribution >= 0.6 is 0 Å². The lowest BCUT2D eigenvalue weighted by Crippen LogP contribution is -1.96. The first-order valence-electron chi connectivity index (χ1n) is 2.79. The maximum Gasteiger partial charge on any atom is 0.331 e. The molecular formula is C6H10O4. The molecule has 0 aliphatic carbocycles. The van der Waals surface area contributed by atoms with Crippen molar-refractivity contribution < 1.29 is 19.7 Å². The third-order valence-corrected chi connectivity index (χ3v) is 0.905. The molecule has 4 heteroatoms. The van der Waals surface area contributed by atoms with Crippen LogP contribution in [0.15, 0.2) is 11.8 Å². The molecule has 0 aromatic heterocycles. The number of aliphatic hydroxyl groups is 1. The second-order valence-corrected chi connectivity index (χ2v) is 1.63. The Kier molecular flexibility index (Phi) is 4.32. The molecule has 0 atom stereocenters. The smallest absolute Gasteiger partial charge is 0.331 e. The maximum atomic E-state index is 10.0. The van der Waals surface area contributed by atoms with Crippen LogP contribution in [-0.4, -0.2) is 29.9 Å². The van der Waals surface area contributed by atoms with Gasteiger partial charge in [0, 0.05) is 6.42 Å². The van der Waals surface area contributed by atoms with Gasteiger partial charge in [-0.1, -0.05) is 0 Å². The highest BCUT2D eigenvalue weighted by Crippen LogP contribution is 1.99. The van der Waals surface area contributed by atoms with Gasteiger partial charge in [-0.3, -0.25) is 0 Å². The van der Waals surface area contributed by atoms with E-state index in [9.17, 15) is 4.79 Å². The number of hydrogen-bond acceptors (Lipinski definition) is 3. The minimum Gasteiger partial charge on any atom is -0.501 e. The number of methoxy groups -OCH3 is 1. The minimum atomic E-state index is -1.06. The Morgan fingerprint density at radius 1 is 1.70 bits per heavy atom. The number of aliphatic carboxylic acids is 1. The lowest BCUT2D eigenvalue weighted by Gasteiger charge is -2.00. The Balaban J connectivity index is 3.91. The van der Waals surface area contributed by atoms with E-state index in [1.54, 1.807) is 0 Å². The van der Waals surface area contributed by atoms with Crippen molar-refractivity contribution in [3.63, 3.8) is 0 Å². The van der Waals surface area contributed by atoms with E-state index in [2.05, 4.69) is 4.74 Å². The van der Waals surface area contributed by atoms with Crippen molar-refractivity contribution >= 4 is 5.97 Å². The summed E-state index contributed by atoms with van der Waals surface area (Å²) in [6.45, 7) is -0.104. The van der Waals surface area contributed by atoms with Crippen LogP contribution in [0, 0.1) is 0 Å². The topological polar surface area (TPSA) is 66.8 Å². The van der Waals surface area contributed by atoms with Crippen molar-refractivity contribution in [1.82, 2.24) is 0 Å². The maximum absolute atomic E-state index is 10.0. The van der Waals surface area contributed by atoms with Crippen LogP contribution < -0.4 is 0 Å². The fraction of sp³-hybridized carbons (Fsp3) is 0.500. The lowest BCUT2D eigenvalue weighted by atomic mass is 10.3. The van der Waals surface area contributed by atoms with Gasteiger partial charge in [0.05, 0.1) is 19.8 Å². The summed E-state index contributed by atoms with van der Waals surface area (Å²) in [4.78, 5) is 10.0. The van der Waals surface area contributed by atoms with Crippen molar-refractivity contribution in [3.8, 4) is 0 Å². The summed E-state index contributed by atoms with van der Waals surface area (Å²) in [5.74, 6) is -0.791. The number of aliphatic hydroxyl groups excluding tert-OH is 1. The van der Waals surface area contributed by atoms with Gasteiger partial charge in [-0.25, -0.2) is 4.79 Å². The summed E-state index contributed by atoms with van der Waals surface area (Å²) in [7, 11) is 1.37. The van der Waals surface area contributed by atoms with Gasteiger partial charge in [-0.05, 0) is 0 Å². The van der Waals surface area contributed by atoms with E-state index in [0.717, 1.165) is 6.08 Å². The first-order chi connectivity index (χ1) is 4.70. The predicted octanol–water partition coefficient (Wildman–Crippen LogP) is -0.0163. The van der Waals surface area contributed by atoms with Gasteiger partial charge in [0.2, 0.25) is 0 Å². The van der Waals surface area contributed by atoms with E-state index in [0.29, 0.717) is 0 Å². The lowest BCUT2D eigenvalue weighted by molar-refractivity contribution is -0.131. The van der Waals surface area contributed by atoms with E-state index in [1.807, 2.05) is 0 Å². The third-order valence-electron chi connectivity index (χ3n) is 0.905. The normalized spacial score (nSPS) is 11.2. The highest BCUT2D eigenvalue weighted by Gasteiger charge is 1.97. The molecule has 2 N–H and O–H groups in total. The molecule has 0 aliphatic rings. The van der Waals surface area contributed by atoms with Crippen LogP contribution in [0.2, 0.25) is 0 Å². The number of ether oxygens (including phenoxy) is 1. The highest BCUT2D eigenvalue weighted by atomic mass is 16.5. The Morgan fingerprint density at radius 3 is 2.60 bits per heavy atom. The van der Waals surface area contributed by atoms with Crippen LogP contribution in [-0.2, 0) is 9.53 Å². The zero-order valence-corrected chi connectivity index (χ0v) is 5.70. The number of carbonyl (C=O) groups is 1. The van der Waals surface area contributed by atoms with E-state index in [4.69, 9.17) is 10.2 Å². The quantitative estimate of drug-likeness (QED) is 0.432. The molecule has 0 heterocycles. The molecule has 0 saturated carbocycles. The molecule has 4 nitrogen and oxygen atoms in total. The first kappa shape index (κ1) is 8.97. The Hall–Kier alpha value is -1.03. The summed E-state index contributed by atoms with van der Waals surface area (Å²) >= 11 is 0. The molecule has 0 fully saturated rings. The van der Waals surface area contributed by atoms with Crippen LogP contribution in [0.1, 0.15) is 6.42 Å². The predicted molar refractivity (Wildman–Crippen MR) is 34.4 cm³/mol. The SMILES string of the molecule is CO/C(=C\C(=O)O)CCO. The van der Waals surface area contributed by atoms with Crippen molar-refractivity contribution in [3.05, 3.63) is 11.8 Å². The average Bonchev–Trinajstić information content (AvgIpc) is 1.86. The summed E-state index contributed by atoms with van der Waals surface area (Å²) in [6.07, 6.45) is 1.17. The molecule has 0 saturated heterocycles. The summed E-state index contributed by atoms with van der Waals surface area (Å²) < 4.78 is 4.62. The van der Waals surface area contributed by atoms with Gasteiger partial charge in [0.1, 0.15) is 5.76 Å². The number of rotatable bonds is 4. The standard InChI is InChI=1S/C6H10O4/c1-10-5(2-3-7)4-6(8)9/h4,7H,2-3H2,1H3,(H,8,9)/b5-4-. The zero-order chi connectivity index (χ0) is 7.98. The van der Waals surface area contributed by atoms with Crippen molar-refractivity contribution in [1.29, 1.82) is 0 Å². The fourth-order valence-corrected chi connectivity index (χ4v) is 0.481. The van der Waals surface area contributed by atoms with E-state index in [1.165, 1.54) is 7.11 Å². The second-order valence-electron chi connectivity index (χ2n) is 1.63. The molecule has 0 unspecified atom stereocenters. The molecule has 0 bridgehead atoms. The molecule has 0 amide bonds. The monoisotopic (exact) mass is 146 g/mol. The van der Waals surface area contributed by atoms with E-state index < -0.39 is 5.97 Å². The largest absolute Gasteiger partial charge is 0.501 e. The van der Waals surface area contributed by atoms with Crippen molar-refractivity contribution in [2.75, 3.05) is 13.7 Å². The van der Waals surface area contributed by atoms with Gasteiger partial charge in [0.25, 0.3) is 0 Å². The van der Waals surface area contributed by atoms with E-state index >= 15 is 0 Å². The van der Waals surface area contributed by atoms with Gasteiger partial charge < -0.3 is 14.9 Å². The molecule has 0 radical (unpaired) electrons. The van der Waals surface area contributed by atoms with Crippen LogP contribution in [0.5, 0.6) is 0 Å². The number of carboxylic acid groups (broad SMARTS) is 1. The van der Waals surface area contributed by atoms with Gasteiger partial charge in [-0.15, -0.1) is 0 Å². The Morgan fingerprint density at radius 2 is 2.30 bits per heavy atom. The second kappa shape index (κ2) is 4.81.